The normalized spacial score (nSPS) is 15.0. The molecule has 1 aromatic heterocycles. The number of benzene rings is 2. The molecule has 24 heavy (non-hydrogen) atoms. The van der Waals surface area contributed by atoms with E-state index in [9.17, 15) is 8.42 Å². The molecule has 0 amide bonds. The highest BCUT2D eigenvalue weighted by Crippen LogP contribution is 2.27. The molecule has 1 heterocycles. The van der Waals surface area contributed by atoms with E-state index < -0.39 is 10.0 Å². The van der Waals surface area contributed by atoms with Crippen molar-refractivity contribution >= 4 is 20.8 Å². The lowest BCUT2D eigenvalue weighted by Crippen LogP contribution is -2.26. The minimum absolute atomic E-state index is 0.189. The van der Waals surface area contributed by atoms with Gasteiger partial charge in [0, 0.05) is 0 Å². The highest BCUT2D eigenvalue weighted by atomic mass is 32.2. The molecule has 0 radical (unpaired) electrons. The summed E-state index contributed by atoms with van der Waals surface area (Å²) in [6.45, 7) is 0.790. The van der Waals surface area contributed by atoms with E-state index in [-0.39, 0.29) is 11.8 Å². The van der Waals surface area contributed by atoms with Crippen LogP contribution in [0.15, 0.2) is 48.7 Å². The molecule has 0 saturated heterocycles. The summed E-state index contributed by atoms with van der Waals surface area (Å²) in [6.07, 6.45) is 3.30. The molecule has 0 aliphatic heterocycles. The Balaban J connectivity index is 1.48. The van der Waals surface area contributed by atoms with Crippen LogP contribution >= 0.6 is 0 Å². The van der Waals surface area contributed by atoms with Gasteiger partial charge in [-0.15, -0.1) is 5.10 Å². The fourth-order valence-corrected chi connectivity index (χ4v) is 4.11. The van der Waals surface area contributed by atoms with Crippen molar-refractivity contribution < 1.29 is 8.42 Å². The lowest BCUT2D eigenvalue weighted by molar-refractivity contribution is 0.579. The molecular formula is C17H18N4O2S. The molecule has 1 aliphatic carbocycles. The monoisotopic (exact) mass is 342 g/mol. The van der Waals surface area contributed by atoms with E-state index in [2.05, 4.69) is 39.3 Å². The summed E-state index contributed by atoms with van der Waals surface area (Å²) in [5.74, 6) is 0. The van der Waals surface area contributed by atoms with E-state index in [1.807, 2.05) is 18.2 Å². The molecule has 3 aromatic rings. The average Bonchev–Trinajstić information content (AvgIpc) is 3.36. The maximum Gasteiger partial charge on any atom is 0.214 e. The van der Waals surface area contributed by atoms with Crippen LogP contribution in [0.5, 0.6) is 0 Å². The van der Waals surface area contributed by atoms with Crippen LogP contribution in [0.3, 0.4) is 0 Å². The maximum absolute atomic E-state index is 11.8. The number of hydrogen-bond donors (Lipinski definition) is 1. The predicted molar refractivity (Wildman–Crippen MR) is 91.9 cm³/mol. The van der Waals surface area contributed by atoms with Gasteiger partial charge in [0.05, 0.1) is 30.2 Å². The van der Waals surface area contributed by atoms with Crippen molar-refractivity contribution in [3.8, 4) is 0 Å². The van der Waals surface area contributed by atoms with Crippen molar-refractivity contribution in [1.29, 1.82) is 0 Å². The quantitative estimate of drug-likeness (QED) is 0.744. The van der Waals surface area contributed by atoms with Gasteiger partial charge in [0.1, 0.15) is 0 Å². The van der Waals surface area contributed by atoms with Crippen LogP contribution in [0, 0.1) is 0 Å². The molecule has 1 N–H and O–H groups in total. The summed E-state index contributed by atoms with van der Waals surface area (Å²) in [5.41, 5.74) is 1.78. The molecule has 0 bridgehead atoms. The zero-order valence-corrected chi connectivity index (χ0v) is 13.9. The van der Waals surface area contributed by atoms with Crippen LogP contribution in [0.25, 0.3) is 10.8 Å². The highest BCUT2D eigenvalue weighted by Gasteiger charge is 2.35. The van der Waals surface area contributed by atoms with Crippen molar-refractivity contribution in [3.63, 3.8) is 0 Å². The van der Waals surface area contributed by atoms with Gasteiger partial charge < -0.3 is 0 Å². The summed E-state index contributed by atoms with van der Waals surface area (Å²) < 4.78 is 28.0. The number of nitrogens with one attached hydrogen (secondary N) is 1. The molecule has 0 spiro atoms. The van der Waals surface area contributed by atoms with Crippen LogP contribution < -0.4 is 4.72 Å². The minimum atomic E-state index is -3.19. The lowest BCUT2D eigenvalue weighted by Gasteiger charge is -2.06. The molecule has 6 nitrogen and oxygen atoms in total. The second-order valence-electron chi connectivity index (χ2n) is 6.11. The average molecular weight is 342 g/mol. The standard InChI is InChI=1S/C17H18N4O2S/c22-24(23,16-8-9-16)18-10-15-12-21(20-19-15)11-14-6-3-5-13-4-1-2-7-17(13)14/h1-7,12,16,18H,8-11H2. The van der Waals surface area contributed by atoms with Crippen LogP contribution in [-0.4, -0.2) is 28.7 Å². The van der Waals surface area contributed by atoms with Gasteiger partial charge in [0.2, 0.25) is 10.0 Å². The van der Waals surface area contributed by atoms with Crippen molar-refractivity contribution in [3.05, 3.63) is 59.9 Å². The molecule has 0 unspecified atom stereocenters. The topological polar surface area (TPSA) is 76.9 Å². The highest BCUT2D eigenvalue weighted by molar-refractivity contribution is 7.90. The molecule has 4 rings (SSSR count). The van der Waals surface area contributed by atoms with E-state index in [1.54, 1.807) is 10.9 Å². The number of rotatable bonds is 6. The Kier molecular flexibility index (Phi) is 3.82. The van der Waals surface area contributed by atoms with Crippen LogP contribution in [0.1, 0.15) is 24.1 Å². The Morgan fingerprint density at radius 3 is 2.75 bits per heavy atom. The first-order chi connectivity index (χ1) is 11.6. The first-order valence-electron chi connectivity index (χ1n) is 7.96. The van der Waals surface area contributed by atoms with Gasteiger partial charge in [-0.25, -0.2) is 17.8 Å². The van der Waals surface area contributed by atoms with Crippen molar-refractivity contribution in [2.75, 3.05) is 0 Å². The number of hydrogen-bond acceptors (Lipinski definition) is 4. The number of fused-ring (bicyclic) bond motifs is 1. The zero-order chi connectivity index (χ0) is 16.6. The van der Waals surface area contributed by atoms with E-state index in [0.29, 0.717) is 12.2 Å². The largest absolute Gasteiger partial charge is 0.248 e. The van der Waals surface area contributed by atoms with Crippen LogP contribution in [0.2, 0.25) is 0 Å². The Bertz CT molecular complexity index is 972. The first kappa shape index (κ1) is 15.3. The second-order valence-corrected chi connectivity index (χ2v) is 8.16. The molecule has 124 valence electrons. The molecule has 2 aromatic carbocycles. The Hall–Kier alpha value is -2.25. The molecule has 1 saturated carbocycles. The summed E-state index contributed by atoms with van der Waals surface area (Å²) in [6, 6.07) is 14.4. The fourth-order valence-electron chi connectivity index (χ4n) is 2.77. The van der Waals surface area contributed by atoms with E-state index in [4.69, 9.17) is 0 Å². The number of aromatic nitrogens is 3. The predicted octanol–water partition coefficient (Wildman–Crippen LogP) is 2.06. The summed E-state index contributed by atoms with van der Waals surface area (Å²) in [7, 11) is -3.19. The molecule has 0 atom stereocenters. The van der Waals surface area contributed by atoms with Crippen LogP contribution in [0.4, 0.5) is 0 Å². The van der Waals surface area contributed by atoms with Gasteiger partial charge in [-0.1, -0.05) is 47.7 Å². The van der Waals surface area contributed by atoms with Crippen molar-refractivity contribution in [1.82, 2.24) is 19.7 Å². The van der Waals surface area contributed by atoms with Crippen molar-refractivity contribution in [2.24, 2.45) is 0 Å². The Morgan fingerprint density at radius 2 is 1.92 bits per heavy atom. The van der Waals surface area contributed by atoms with Gasteiger partial charge in [-0.3, -0.25) is 0 Å². The molecule has 7 heteroatoms. The Morgan fingerprint density at radius 1 is 1.12 bits per heavy atom. The smallest absolute Gasteiger partial charge is 0.214 e. The fraction of sp³-hybridized carbons (Fsp3) is 0.294. The molecule has 1 aliphatic rings. The molecule has 1 fully saturated rings. The van der Waals surface area contributed by atoms with Gasteiger partial charge >= 0.3 is 0 Å². The van der Waals surface area contributed by atoms with Gasteiger partial charge in [0.25, 0.3) is 0 Å². The SMILES string of the molecule is O=S(=O)(NCc1cn(Cc2cccc3ccccc23)nn1)C1CC1. The van der Waals surface area contributed by atoms with Crippen LogP contribution in [-0.2, 0) is 23.1 Å². The maximum atomic E-state index is 11.8. The minimum Gasteiger partial charge on any atom is -0.248 e. The van der Waals surface area contributed by atoms with E-state index in [1.165, 1.54) is 10.8 Å². The first-order valence-corrected chi connectivity index (χ1v) is 9.50. The zero-order valence-electron chi connectivity index (χ0n) is 13.1. The van der Waals surface area contributed by atoms with E-state index in [0.717, 1.165) is 18.4 Å². The van der Waals surface area contributed by atoms with Gasteiger partial charge in [-0.05, 0) is 29.2 Å². The Labute approximate surface area is 140 Å². The molecular weight excluding hydrogens is 324 g/mol. The summed E-state index contributed by atoms with van der Waals surface area (Å²) in [4.78, 5) is 0. The third kappa shape index (κ3) is 3.18. The van der Waals surface area contributed by atoms with E-state index >= 15 is 0 Å². The summed E-state index contributed by atoms with van der Waals surface area (Å²) in [5, 5.41) is 10.3. The van der Waals surface area contributed by atoms with Gasteiger partial charge in [-0.2, -0.15) is 0 Å². The lowest BCUT2D eigenvalue weighted by atomic mass is 10.0. The number of nitrogens with zero attached hydrogens (tertiary/aromatic N) is 3. The third-order valence-electron chi connectivity index (χ3n) is 4.22. The van der Waals surface area contributed by atoms with Gasteiger partial charge in [0.15, 0.2) is 0 Å². The second kappa shape index (κ2) is 5.99. The van der Waals surface area contributed by atoms with Crippen molar-refractivity contribution in [2.45, 2.75) is 31.2 Å². The third-order valence-corrected chi connectivity index (χ3v) is 6.11. The number of sulfonamides is 1. The summed E-state index contributed by atoms with van der Waals surface area (Å²) >= 11 is 0.